The van der Waals surface area contributed by atoms with E-state index in [4.69, 9.17) is 0 Å². The first-order valence-electron chi connectivity index (χ1n) is 6.03. The van der Waals surface area contributed by atoms with Crippen molar-refractivity contribution >= 4 is 16.7 Å². The molecule has 1 fully saturated rings. The summed E-state index contributed by atoms with van der Waals surface area (Å²) >= 11 is 0. The van der Waals surface area contributed by atoms with Gasteiger partial charge < -0.3 is 5.11 Å². The van der Waals surface area contributed by atoms with Crippen molar-refractivity contribution in [2.75, 3.05) is 0 Å². The lowest BCUT2D eigenvalue weighted by Crippen LogP contribution is -2.19. The Bertz CT molecular complexity index is 705. The van der Waals surface area contributed by atoms with E-state index in [1.165, 1.54) is 24.4 Å². The van der Waals surface area contributed by atoms with Crippen LogP contribution >= 0.6 is 0 Å². The predicted molar refractivity (Wildman–Crippen MR) is 65.3 cm³/mol. The van der Waals surface area contributed by atoms with Crippen LogP contribution in [-0.4, -0.2) is 16.1 Å². The number of hydrogen-bond donors (Lipinski definition) is 1. The molecule has 6 heteroatoms. The van der Waals surface area contributed by atoms with Crippen LogP contribution in [-0.2, 0) is 16.4 Å². The monoisotopic (exact) mass is 281 g/mol. The van der Waals surface area contributed by atoms with Gasteiger partial charge in [0.2, 0.25) is 0 Å². The predicted octanol–water partition coefficient (Wildman–Crippen LogP) is 3.37. The van der Waals surface area contributed by atoms with E-state index in [-0.39, 0.29) is 5.39 Å². The van der Waals surface area contributed by atoms with Gasteiger partial charge in [0.15, 0.2) is 0 Å². The molecule has 20 heavy (non-hydrogen) atoms. The third kappa shape index (κ3) is 1.83. The highest BCUT2D eigenvalue weighted by molar-refractivity contribution is 5.90. The lowest BCUT2D eigenvalue weighted by Gasteiger charge is -2.13. The number of benzene rings is 1. The molecule has 3 nitrogen and oxygen atoms in total. The largest absolute Gasteiger partial charge is 0.481 e. The van der Waals surface area contributed by atoms with E-state index in [0.29, 0.717) is 23.8 Å². The highest BCUT2D eigenvalue weighted by Crippen LogP contribution is 2.49. The molecule has 0 bridgehead atoms. The minimum Gasteiger partial charge on any atom is -0.481 e. The fourth-order valence-electron chi connectivity index (χ4n) is 2.45. The van der Waals surface area contributed by atoms with Gasteiger partial charge in [-0.15, -0.1) is 0 Å². The number of fused-ring (bicyclic) bond motifs is 1. The van der Waals surface area contributed by atoms with Gasteiger partial charge >= 0.3 is 12.1 Å². The second kappa shape index (κ2) is 3.94. The lowest BCUT2D eigenvalue weighted by molar-refractivity contribution is -0.140. The smallest absolute Gasteiger partial charge is 0.418 e. The van der Waals surface area contributed by atoms with Crippen LogP contribution in [0.5, 0.6) is 0 Å². The van der Waals surface area contributed by atoms with Gasteiger partial charge in [-0.05, 0) is 29.9 Å². The number of aromatic nitrogens is 1. The molecule has 1 aromatic carbocycles. The van der Waals surface area contributed by atoms with Crippen LogP contribution in [0.25, 0.3) is 10.8 Å². The highest BCUT2D eigenvalue weighted by Gasteiger charge is 2.51. The van der Waals surface area contributed by atoms with Gasteiger partial charge in [-0.25, -0.2) is 0 Å². The van der Waals surface area contributed by atoms with Crippen LogP contribution in [0.4, 0.5) is 13.2 Å². The van der Waals surface area contributed by atoms with Gasteiger partial charge in [0, 0.05) is 17.8 Å². The molecule has 1 aromatic heterocycles. The Morgan fingerprint density at radius 1 is 1.25 bits per heavy atom. The van der Waals surface area contributed by atoms with E-state index in [1.54, 1.807) is 0 Å². The number of hydrogen-bond acceptors (Lipinski definition) is 2. The minimum atomic E-state index is -4.47. The van der Waals surface area contributed by atoms with Crippen molar-refractivity contribution in [3.05, 3.63) is 41.7 Å². The molecule has 0 amide bonds. The molecule has 0 radical (unpaired) electrons. The molecule has 1 aliphatic rings. The summed E-state index contributed by atoms with van der Waals surface area (Å²) in [7, 11) is 0. The van der Waals surface area contributed by atoms with Crippen molar-refractivity contribution in [2.45, 2.75) is 24.4 Å². The number of carboxylic acids is 1. The Labute approximate surface area is 112 Å². The Kier molecular flexibility index (Phi) is 2.54. The molecule has 2 aromatic rings. The van der Waals surface area contributed by atoms with Crippen LogP contribution < -0.4 is 0 Å². The van der Waals surface area contributed by atoms with E-state index >= 15 is 0 Å². The number of halogens is 3. The van der Waals surface area contributed by atoms with Crippen LogP contribution in [0.1, 0.15) is 24.0 Å². The maximum Gasteiger partial charge on any atom is 0.418 e. The van der Waals surface area contributed by atoms with Crippen LogP contribution in [0.3, 0.4) is 0 Å². The second-order valence-electron chi connectivity index (χ2n) is 5.01. The average Bonchev–Trinajstić information content (AvgIpc) is 3.17. The molecule has 0 spiro atoms. The molecule has 1 saturated carbocycles. The number of nitrogens with zero attached hydrogens (tertiary/aromatic N) is 1. The zero-order valence-corrected chi connectivity index (χ0v) is 10.2. The van der Waals surface area contributed by atoms with Crippen molar-refractivity contribution in [1.29, 1.82) is 0 Å². The summed E-state index contributed by atoms with van der Waals surface area (Å²) in [5.41, 5.74) is -1.19. The van der Waals surface area contributed by atoms with Crippen LogP contribution in [0, 0.1) is 0 Å². The molecule has 0 unspecified atom stereocenters. The normalized spacial score (nSPS) is 17.1. The number of alkyl halides is 3. The fraction of sp³-hybridized carbons (Fsp3) is 0.286. The Morgan fingerprint density at radius 2 is 1.95 bits per heavy atom. The summed E-state index contributed by atoms with van der Waals surface area (Å²) in [5, 5.41) is 9.57. The number of carbonyl (C=O) groups is 1. The van der Waals surface area contributed by atoms with Crippen molar-refractivity contribution in [3.8, 4) is 0 Å². The summed E-state index contributed by atoms with van der Waals surface area (Å²) in [6, 6.07) is 4.30. The Balaban J connectivity index is 2.17. The maximum absolute atomic E-state index is 12.9. The Morgan fingerprint density at radius 3 is 2.50 bits per heavy atom. The quantitative estimate of drug-likeness (QED) is 0.918. The average molecular weight is 281 g/mol. The zero-order chi connectivity index (χ0) is 14.5. The first-order valence-corrected chi connectivity index (χ1v) is 6.03. The molecule has 0 atom stereocenters. The highest BCUT2D eigenvalue weighted by atomic mass is 19.4. The molecule has 1 N–H and O–H groups in total. The Hall–Kier alpha value is -2.11. The van der Waals surface area contributed by atoms with Gasteiger partial charge in [-0.2, -0.15) is 13.2 Å². The lowest BCUT2D eigenvalue weighted by atomic mass is 9.93. The molecule has 0 aliphatic heterocycles. The topological polar surface area (TPSA) is 50.2 Å². The van der Waals surface area contributed by atoms with Crippen LogP contribution in [0.15, 0.2) is 30.6 Å². The van der Waals surface area contributed by atoms with Crippen LogP contribution in [0.2, 0.25) is 0 Å². The molecule has 0 saturated heterocycles. The first-order chi connectivity index (χ1) is 9.34. The number of rotatable bonds is 2. The molecule has 1 heterocycles. The van der Waals surface area contributed by atoms with Gasteiger partial charge in [0.05, 0.1) is 11.0 Å². The van der Waals surface area contributed by atoms with Gasteiger partial charge in [-0.1, -0.05) is 12.1 Å². The van der Waals surface area contributed by atoms with Gasteiger partial charge in [0.25, 0.3) is 0 Å². The first kappa shape index (κ1) is 12.9. The van der Waals surface area contributed by atoms with Gasteiger partial charge in [0.1, 0.15) is 0 Å². The van der Waals surface area contributed by atoms with E-state index in [9.17, 15) is 23.1 Å². The summed E-state index contributed by atoms with van der Waals surface area (Å²) in [4.78, 5) is 14.9. The third-order valence-electron chi connectivity index (χ3n) is 3.78. The molecule has 3 rings (SSSR count). The number of pyridine rings is 1. The molecular weight excluding hydrogens is 271 g/mol. The van der Waals surface area contributed by atoms with Gasteiger partial charge in [-0.3, -0.25) is 9.78 Å². The molecular formula is C14H10F3NO2. The summed E-state index contributed by atoms with van der Waals surface area (Å²) in [5.74, 6) is -0.934. The molecule has 1 aliphatic carbocycles. The van der Waals surface area contributed by atoms with E-state index in [2.05, 4.69) is 4.98 Å². The second-order valence-corrected chi connectivity index (χ2v) is 5.01. The van der Waals surface area contributed by atoms with Crippen molar-refractivity contribution in [2.24, 2.45) is 0 Å². The number of carboxylic acid groups (broad SMARTS) is 1. The summed E-state index contributed by atoms with van der Waals surface area (Å²) < 4.78 is 38.6. The molecule has 104 valence electrons. The minimum absolute atomic E-state index is 0.0393. The van der Waals surface area contributed by atoms with Crippen molar-refractivity contribution in [1.82, 2.24) is 4.98 Å². The standard InChI is InChI=1S/C14H10F3NO2/c15-14(16,17)11-7-18-6-8-5-9(1-2-10(8)11)13(3-4-13)12(19)20/h1-2,5-7H,3-4H2,(H,19,20). The summed E-state index contributed by atoms with van der Waals surface area (Å²) in [6.07, 6.45) is -1.34. The summed E-state index contributed by atoms with van der Waals surface area (Å²) in [6.45, 7) is 0. The van der Waals surface area contributed by atoms with E-state index in [1.807, 2.05) is 0 Å². The zero-order valence-electron chi connectivity index (χ0n) is 10.2. The maximum atomic E-state index is 12.9. The van der Waals surface area contributed by atoms with E-state index < -0.39 is 23.1 Å². The van der Waals surface area contributed by atoms with E-state index in [0.717, 1.165) is 6.20 Å². The van der Waals surface area contributed by atoms with Crippen molar-refractivity contribution in [3.63, 3.8) is 0 Å². The fourth-order valence-corrected chi connectivity index (χ4v) is 2.45. The van der Waals surface area contributed by atoms with Crippen molar-refractivity contribution < 1.29 is 23.1 Å². The number of aliphatic carboxylic acids is 1. The third-order valence-corrected chi connectivity index (χ3v) is 3.78. The SMILES string of the molecule is O=C(O)C1(c2ccc3c(C(F)(F)F)cncc3c2)CC1.